The number of carbonyl (C=O) groups is 1. The lowest BCUT2D eigenvalue weighted by Crippen LogP contribution is -2.33. The molecular formula is C8H14O4. The molecule has 0 spiro atoms. The Kier molecular flexibility index (Phi) is 2.82. The fourth-order valence-corrected chi connectivity index (χ4v) is 1.17. The molecule has 1 aliphatic heterocycles. The SMILES string of the molecule is CO[C@@H](C=O)[C@H]1COC(C)(C)O1. The van der Waals surface area contributed by atoms with E-state index in [1.807, 2.05) is 13.8 Å². The molecule has 1 aliphatic rings. The molecule has 0 aromatic rings. The molecule has 1 saturated heterocycles. The van der Waals surface area contributed by atoms with Crippen LogP contribution in [0.3, 0.4) is 0 Å². The zero-order chi connectivity index (χ0) is 9.19. The minimum absolute atomic E-state index is 0.275. The average Bonchev–Trinajstić information content (AvgIpc) is 2.34. The van der Waals surface area contributed by atoms with Crippen LogP contribution in [0.2, 0.25) is 0 Å². The van der Waals surface area contributed by atoms with Gasteiger partial charge in [-0.25, -0.2) is 0 Å². The van der Waals surface area contributed by atoms with Gasteiger partial charge in [-0.15, -0.1) is 0 Å². The van der Waals surface area contributed by atoms with Crippen LogP contribution in [0.15, 0.2) is 0 Å². The van der Waals surface area contributed by atoms with Gasteiger partial charge in [0.1, 0.15) is 12.2 Å². The molecule has 0 N–H and O–H groups in total. The standard InChI is InChI=1S/C8H14O4/c1-8(2)11-5-7(12-8)6(4-9)10-3/h4,6-7H,5H2,1-3H3/t6-,7+/m0/s1. The normalized spacial score (nSPS) is 30.1. The highest BCUT2D eigenvalue weighted by molar-refractivity contribution is 5.57. The van der Waals surface area contributed by atoms with E-state index in [2.05, 4.69) is 0 Å². The molecule has 0 radical (unpaired) electrons. The highest BCUT2D eigenvalue weighted by Crippen LogP contribution is 2.24. The summed E-state index contributed by atoms with van der Waals surface area (Å²) in [6, 6.07) is 0. The number of carbonyl (C=O) groups excluding carboxylic acids is 1. The number of aldehydes is 1. The van der Waals surface area contributed by atoms with Crippen molar-refractivity contribution in [3.8, 4) is 0 Å². The van der Waals surface area contributed by atoms with Crippen molar-refractivity contribution in [2.75, 3.05) is 13.7 Å². The molecule has 0 saturated carbocycles. The van der Waals surface area contributed by atoms with Crippen molar-refractivity contribution in [1.29, 1.82) is 0 Å². The van der Waals surface area contributed by atoms with Gasteiger partial charge in [0.2, 0.25) is 0 Å². The largest absolute Gasteiger partial charge is 0.371 e. The molecule has 4 heteroatoms. The summed E-state index contributed by atoms with van der Waals surface area (Å²) in [6.45, 7) is 4.03. The Morgan fingerprint density at radius 1 is 1.67 bits per heavy atom. The van der Waals surface area contributed by atoms with Crippen molar-refractivity contribution >= 4 is 6.29 Å². The zero-order valence-corrected chi connectivity index (χ0v) is 7.57. The second kappa shape index (κ2) is 3.51. The van der Waals surface area contributed by atoms with Gasteiger partial charge in [0.05, 0.1) is 6.61 Å². The van der Waals surface area contributed by atoms with E-state index in [0.29, 0.717) is 6.61 Å². The Morgan fingerprint density at radius 3 is 2.67 bits per heavy atom. The summed E-state index contributed by atoms with van der Waals surface area (Å²) in [5, 5.41) is 0. The van der Waals surface area contributed by atoms with Crippen molar-refractivity contribution in [1.82, 2.24) is 0 Å². The Hall–Kier alpha value is -0.450. The Balaban J connectivity index is 2.50. The summed E-state index contributed by atoms with van der Waals surface area (Å²) >= 11 is 0. The van der Waals surface area contributed by atoms with E-state index in [-0.39, 0.29) is 6.10 Å². The lowest BCUT2D eigenvalue weighted by molar-refractivity contribution is -0.156. The lowest BCUT2D eigenvalue weighted by Gasteiger charge is -2.19. The molecule has 0 bridgehead atoms. The molecule has 0 unspecified atom stereocenters. The van der Waals surface area contributed by atoms with E-state index in [0.717, 1.165) is 6.29 Å². The summed E-state index contributed by atoms with van der Waals surface area (Å²) < 4.78 is 15.6. The van der Waals surface area contributed by atoms with Crippen LogP contribution in [0.25, 0.3) is 0 Å². The number of methoxy groups -OCH3 is 1. The van der Waals surface area contributed by atoms with Gasteiger partial charge in [0.15, 0.2) is 12.1 Å². The van der Waals surface area contributed by atoms with E-state index >= 15 is 0 Å². The third-order valence-corrected chi connectivity index (χ3v) is 1.80. The van der Waals surface area contributed by atoms with Crippen LogP contribution in [-0.2, 0) is 19.0 Å². The van der Waals surface area contributed by atoms with Crippen LogP contribution in [0.4, 0.5) is 0 Å². The van der Waals surface area contributed by atoms with E-state index in [1.165, 1.54) is 7.11 Å². The summed E-state index contributed by atoms with van der Waals surface area (Å²) in [6.07, 6.45) is -0.0654. The van der Waals surface area contributed by atoms with E-state index in [9.17, 15) is 4.79 Å². The number of hydrogen-bond acceptors (Lipinski definition) is 4. The molecule has 2 atom stereocenters. The molecule has 1 heterocycles. The quantitative estimate of drug-likeness (QED) is 0.579. The molecule has 12 heavy (non-hydrogen) atoms. The topological polar surface area (TPSA) is 44.8 Å². The van der Waals surface area contributed by atoms with Crippen LogP contribution in [-0.4, -0.2) is 38.0 Å². The van der Waals surface area contributed by atoms with E-state index in [4.69, 9.17) is 14.2 Å². The van der Waals surface area contributed by atoms with Gasteiger partial charge in [0.25, 0.3) is 0 Å². The summed E-state index contributed by atoms with van der Waals surface area (Å²) in [5.74, 6) is -0.593. The van der Waals surface area contributed by atoms with Gasteiger partial charge >= 0.3 is 0 Å². The predicted molar refractivity (Wildman–Crippen MR) is 41.8 cm³/mol. The molecule has 1 rings (SSSR count). The first-order valence-electron chi connectivity index (χ1n) is 3.89. The molecule has 0 aromatic carbocycles. The van der Waals surface area contributed by atoms with Crippen LogP contribution in [0, 0.1) is 0 Å². The highest BCUT2D eigenvalue weighted by atomic mass is 16.7. The zero-order valence-electron chi connectivity index (χ0n) is 7.57. The molecule has 0 amide bonds. The van der Waals surface area contributed by atoms with Crippen molar-refractivity contribution in [3.05, 3.63) is 0 Å². The van der Waals surface area contributed by atoms with Crippen LogP contribution in [0.5, 0.6) is 0 Å². The van der Waals surface area contributed by atoms with E-state index in [1.54, 1.807) is 0 Å². The maximum absolute atomic E-state index is 10.5. The fourth-order valence-electron chi connectivity index (χ4n) is 1.17. The monoisotopic (exact) mass is 174 g/mol. The summed E-state index contributed by atoms with van der Waals surface area (Å²) in [5.41, 5.74) is 0. The lowest BCUT2D eigenvalue weighted by atomic mass is 10.2. The van der Waals surface area contributed by atoms with Crippen molar-refractivity contribution in [2.45, 2.75) is 31.8 Å². The van der Waals surface area contributed by atoms with Gasteiger partial charge in [0, 0.05) is 7.11 Å². The fraction of sp³-hybridized carbons (Fsp3) is 0.875. The second-order valence-electron chi connectivity index (χ2n) is 3.20. The predicted octanol–water partition coefficient (Wildman–Crippen LogP) is 0.352. The summed E-state index contributed by atoms with van der Waals surface area (Å²) in [4.78, 5) is 10.5. The second-order valence-corrected chi connectivity index (χ2v) is 3.20. The molecule has 4 nitrogen and oxygen atoms in total. The maximum atomic E-state index is 10.5. The van der Waals surface area contributed by atoms with Crippen molar-refractivity contribution < 1.29 is 19.0 Å². The van der Waals surface area contributed by atoms with Gasteiger partial charge in [-0.2, -0.15) is 0 Å². The molecular weight excluding hydrogens is 160 g/mol. The first kappa shape index (κ1) is 9.64. The Bertz CT molecular complexity index is 166. The number of rotatable bonds is 3. The van der Waals surface area contributed by atoms with Gasteiger partial charge < -0.3 is 19.0 Å². The van der Waals surface area contributed by atoms with Crippen LogP contribution in [0.1, 0.15) is 13.8 Å². The Labute approximate surface area is 71.8 Å². The first-order chi connectivity index (χ1) is 5.59. The average molecular weight is 174 g/mol. The number of ether oxygens (including phenoxy) is 3. The van der Waals surface area contributed by atoms with Crippen molar-refractivity contribution in [3.63, 3.8) is 0 Å². The third-order valence-electron chi connectivity index (χ3n) is 1.80. The van der Waals surface area contributed by atoms with E-state index < -0.39 is 11.9 Å². The third kappa shape index (κ3) is 2.03. The van der Waals surface area contributed by atoms with Crippen LogP contribution >= 0.6 is 0 Å². The highest BCUT2D eigenvalue weighted by Gasteiger charge is 2.37. The molecule has 70 valence electrons. The number of hydrogen-bond donors (Lipinski definition) is 0. The summed E-state index contributed by atoms with van der Waals surface area (Å²) in [7, 11) is 1.48. The first-order valence-corrected chi connectivity index (χ1v) is 3.89. The molecule has 0 aliphatic carbocycles. The van der Waals surface area contributed by atoms with Gasteiger partial charge in [-0.1, -0.05) is 0 Å². The molecule has 1 fully saturated rings. The minimum atomic E-state index is -0.593. The van der Waals surface area contributed by atoms with Crippen molar-refractivity contribution in [2.24, 2.45) is 0 Å². The molecule has 0 aromatic heterocycles. The minimum Gasteiger partial charge on any atom is -0.371 e. The van der Waals surface area contributed by atoms with Gasteiger partial charge in [-0.05, 0) is 13.8 Å². The van der Waals surface area contributed by atoms with Gasteiger partial charge in [-0.3, -0.25) is 0 Å². The Morgan fingerprint density at radius 2 is 2.33 bits per heavy atom. The van der Waals surface area contributed by atoms with Crippen LogP contribution < -0.4 is 0 Å². The smallest absolute Gasteiger partial charge is 0.163 e. The maximum Gasteiger partial charge on any atom is 0.163 e.